The van der Waals surface area contributed by atoms with Crippen LogP contribution in [0.3, 0.4) is 0 Å². The van der Waals surface area contributed by atoms with E-state index in [1.165, 1.54) is 17.7 Å². The molecule has 96 valence electrons. The Labute approximate surface area is 106 Å². The summed E-state index contributed by atoms with van der Waals surface area (Å²) in [6, 6.07) is 2.64. The van der Waals surface area contributed by atoms with Crippen molar-refractivity contribution in [2.24, 2.45) is 0 Å². The summed E-state index contributed by atoms with van der Waals surface area (Å²) in [5.74, 6) is -1.16. The normalized spacial score (nSPS) is 11.6. The van der Waals surface area contributed by atoms with Crippen LogP contribution in [0.5, 0.6) is 0 Å². The maximum absolute atomic E-state index is 11.8. The van der Waals surface area contributed by atoms with Crippen LogP contribution >= 0.6 is 11.3 Å². The van der Waals surface area contributed by atoms with Gasteiger partial charge in [-0.1, -0.05) is 5.16 Å². The molecule has 2 aromatic rings. The van der Waals surface area contributed by atoms with Crippen molar-refractivity contribution in [1.29, 1.82) is 0 Å². The van der Waals surface area contributed by atoms with Gasteiger partial charge in [-0.3, -0.25) is 0 Å². The maximum atomic E-state index is 11.8. The van der Waals surface area contributed by atoms with E-state index in [-0.39, 0.29) is 16.3 Å². The Morgan fingerprint density at radius 1 is 1.56 bits per heavy atom. The molecule has 2 heterocycles. The Morgan fingerprint density at radius 2 is 2.33 bits per heavy atom. The van der Waals surface area contributed by atoms with Crippen LogP contribution in [0.1, 0.15) is 16.1 Å². The first kappa shape index (κ1) is 12.7. The minimum atomic E-state index is -3.73. The van der Waals surface area contributed by atoms with Crippen LogP contribution < -0.4 is 4.72 Å². The summed E-state index contributed by atoms with van der Waals surface area (Å²) in [5, 5.41) is 13.5. The topological polar surface area (TPSA) is 110 Å². The molecule has 0 saturated heterocycles. The van der Waals surface area contributed by atoms with E-state index in [4.69, 9.17) is 5.11 Å². The van der Waals surface area contributed by atoms with Gasteiger partial charge in [-0.25, -0.2) is 17.9 Å². The predicted octanol–water partition coefficient (Wildman–Crippen LogP) is 0.913. The molecule has 2 rings (SSSR count). The molecule has 0 spiro atoms. The molecular weight excluding hydrogens is 280 g/mol. The van der Waals surface area contributed by atoms with Crippen LogP contribution in [0.25, 0.3) is 0 Å². The summed E-state index contributed by atoms with van der Waals surface area (Å²) in [5.41, 5.74) is 0.385. The van der Waals surface area contributed by atoms with E-state index in [1.807, 2.05) is 0 Å². The molecule has 0 atom stereocenters. The van der Waals surface area contributed by atoms with Gasteiger partial charge >= 0.3 is 5.97 Å². The predicted molar refractivity (Wildman–Crippen MR) is 61.8 cm³/mol. The number of carboxylic acids is 1. The van der Waals surface area contributed by atoms with Gasteiger partial charge in [0.15, 0.2) is 0 Å². The quantitative estimate of drug-likeness (QED) is 0.846. The number of sulfonamides is 1. The van der Waals surface area contributed by atoms with E-state index in [9.17, 15) is 13.2 Å². The van der Waals surface area contributed by atoms with Crippen LogP contribution in [-0.2, 0) is 16.6 Å². The van der Waals surface area contributed by atoms with Crippen LogP contribution in [0, 0.1) is 0 Å². The molecule has 18 heavy (non-hydrogen) atoms. The summed E-state index contributed by atoms with van der Waals surface area (Å²) >= 11 is 0.847. The number of rotatable bonds is 5. The highest BCUT2D eigenvalue weighted by molar-refractivity contribution is 7.91. The molecule has 0 unspecified atom stereocenters. The molecule has 0 amide bonds. The van der Waals surface area contributed by atoms with Crippen molar-refractivity contribution in [3.63, 3.8) is 0 Å². The number of thiophene rings is 1. The van der Waals surface area contributed by atoms with Gasteiger partial charge in [0.05, 0.1) is 17.8 Å². The molecule has 0 saturated carbocycles. The van der Waals surface area contributed by atoms with Crippen LogP contribution in [-0.4, -0.2) is 24.7 Å². The molecule has 0 fully saturated rings. The zero-order chi connectivity index (χ0) is 13.2. The molecule has 0 aliphatic rings. The Bertz CT molecular complexity index is 644. The van der Waals surface area contributed by atoms with Crippen molar-refractivity contribution in [2.75, 3.05) is 0 Å². The second kappa shape index (κ2) is 4.88. The van der Waals surface area contributed by atoms with E-state index in [2.05, 4.69) is 14.4 Å². The van der Waals surface area contributed by atoms with Gasteiger partial charge in [0.2, 0.25) is 10.0 Å². The van der Waals surface area contributed by atoms with Gasteiger partial charge in [-0.15, -0.1) is 11.3 Å². The fourth-order valence-electron chi connectivity index (χ4n) is 1.14. The maximum Gasteiger partial charge on any atom is 0.336 e. The van der Waals surface area contributed by atoms with Gasteiger partial charge in [0.1, 0.15) is 10.5 Å². The lowest BCUT2D eigenvalue weighted by molar-refractivity contribution is 0.0697. The number of carboxylic acid groups (broad SMARTS) is 1. The monoisotopic (exact) mass is 288 g/mol. The minimum absolute atomic E-state index is 0.0147. The number of nitrogens with one attached hydrogen (secondary N) is 1. The zero-order valence-corrected chi connectivity index (χ0v) is 10.5. The molecule has 7 nitrogen and oxygen atoms in total. The number of carbonyl (C=O) groups is 1. The average Bonchev–Trinajstić information content (AvgIpc) is 2.98. The van der Waals surface area contributed by atoms with Crippen molar-refractivity contribution >= 4 is 27.3 Å². The first-order valence-electron chi connectivity index (χ1n) is 4.70. The second-order valence-electron chi connectivity index (χ2n) is 3.27. The average molecular weight is 288 g/mol. The summed E-state index contributed by atoms with van der Waals surface area (Å²) in [6.07, 6.45) is 1.33. The lowest BCUT2D eigenvalue weighted by atomic mass is 10.4. The molecule has 2 aromatic heterocycles. The van der Waals surface area contributed by atoms with Crippen molar-refractivity contribution in [3.05, 3.63) is 35.0 Å². The van der Waals surface area contributed by atoms with Crippen molar-refractivity contribution in [1.82, 2.24) is 9.88 Å². The molecule has 9 heteroatoms. The molecule has 0 aromatic carbocycles. The number of hydrogen-bond donors (Lipinski definition) is 2. The fourth-order valence-corrected chi connectivity index (χ4v) is 3.34. The third-order valence-corrected chi connectivity index (χ3v) is 4.86. The SMILES string of the molecule is O=C(O)c1csc(S(=O)(=O)NCc2ccon2)c1. The standard InChI is InChI=1S/C9H8N2O5S2/c12-9(13)6-3-8(17-5-6)18(14,15)10-4-7-1-2-16-11-7/h1-3,5,10H,4H2,(H,12,13). The smallest absolute Gasteiger partial charge is 0.336 e. The van der Waals surface area contributed by atoms with E-state index in [0.717, 1.165) is 17.4 Å². The Hall–Kier alpha value is -1.71. The number of aromatic carboxylic acids is 1. The molecule has 0 radical (unpaired) electrons. The lowest BCUT2D eigenvalue weighted by Crippen LogP contribution is -2.22. The van der Waals surface area contributed by atoms with Gasteiger partial charge in [-0.05, 0) is 6.07 Å². The number of hydrogen-bond acceptors (Lipinski definition) is 6. The fraction of sp³-hybridized carbons (Fsp3) is 0.111. The van der Waals surface area contributed by atoms with Crippen LogP contribution in [0.15, 0.2) is 32.5 Å². The molecule has 0 aliphatic heterocycles. The van der Waals surface area contributed by atoms with E-state index in [0.29, 0.717) is 5.69 Å². The number of nitrogens with zero attached hydrogens (tertiary/aromatic N) is 1. The third kappa shape index (κ3) is 2.75. The van der Waals surface area contributed by atoms with Crippen LogP contribution in [0.2, 0.25) is 0 Å². The molecule has 0 aliphatic carbocycles. The Balaban J connectivity index is 2.12. The largest absolute Gasteiger partial charge is 0.478 e. The Kier molecular flexibility index (Phi) is 3.45. The molecular formula is C9H8N2O5S2. The van der Waals surface area contributed by atoms with E-state index >= 15 is 0 Å². The summed E-state index contributed by atoms with van der Waals surface area (Å²) in [7, 11) is -3.73. The number of aromatic nitrogens is 1. The van der Waals surface area contributed by atoms with E-state index < -0.39 is 16.0 Å². The van der Waals surface area contributed by atoms with Crippen LogP contribution in [0.4, 0.5) is 0 Å². The summed E-state index contributed by atoms with van der Waals surface area (Å²) < 4.78 is 30.4. The summed E-state index contributed by atoms with van der Waals surface area (Å²) in [4.78, 5) is 10.7. The molecule has 0 bridgehead atoms. The Morgan fingerprint density at radius 3 is 2.89 bits per heavy atom. The lowest BCUT2D eigenvalue weighted by Gasteiger charge is -2.01. The highest BCUT2D eigenvalue weighted by Crippen LogP contribution is 2.20. The van der Waals surface area contributed by atoms with Crippen molar-refractivity contribution in [2.45, 2.75) is 10.8 Å². The highest BCUT2D eigenvalue weighted by atomic mass is 32.2. The van der Waals surface area contributed by atoms with Crippen molar-refractivity contribution in [3.8, 4) is 0 Å². The zero-order valence-electron chi connectivity index (χ0n) is 8.86. The first-order valence-corrected chi connectivity index (χ1v) is 7.06. The third-order valence-electron chi connectivity index (χ3n) is 2.02. The van der Waals surface area contributed by atoms with Gasteiger partial charge in [0, 0.05) is 11.4 Å². The molecule has 2 N–H and O–H groups in total. The summed E-state index contributed by atoms with van der Waals surface area (Å²) in [6.45, 7) is -0.0147. The van der Waals surface area contributed by atoms with Gasteiger partial charge < -0.3 is 9.63 Å². The first-order chi connectivity index (χ1) is 8.49. The van der Waals surface area contributed by atoms with Crippen molar-refractivity contribution < 1.29 is 22.8 Å². The van der Waals surface area contributed by atoms with E-state index in [1.54, 1.807) is 0 Å². The van der Waals surface area contributed by atoms with Gasteiger partial charge in [0.25, 0.3) is 0 Å². The highest BCUT2D eigenvalue weighted by Gasteiger charge is 2.18. The van der Waals surface area contributed by atoms with Gasteiger partial charge in [-0.2, -0.15) is 0 Å². The minimum Gasteiger partial charge on any atom is -0.478 e. The second-order valence-corrected chi connectivity index (χ2v) is 6.18.